The molecular formula is C21H27ClFN3O4Si. The summed E-state index contributed by atoms with van der Waals surface area (Å²) in [6, 6.07) is 5.33. The number of halogens is 2. The van der Waals surface area contributed by atoms with Gasteiger partial charge in [0.05, 0.1) is 23.3 Å². The summed E-state index contributed by atoms with van der Waals surface area (Å²) in [6.07, 6.45) is -0.805. The summed E-state index contributed by atoms with van der Waals surface area (Å²) in [6.45, 7) is 11.2. The molecule has 0 radical (unpaired) electrons. The molecule has 3 rings (SSSR count). The van der Waals surface area contributed by atoms with Crippen molar-refractivity contribution in [1.29, 1.82) is 0 Å². The van der Waals surface area contributed by atoms with Gasteiger partial charge in [-0.2, -0.15) is 5.10 Å². The lowest BCUT2D eigenvalue weighted by Gasteiger charge is -2.37. The number of fused-ring (bicyclic) bond motifs is 1. The first kappa shape index (κ1) is 23.4. The number of imide groups is 1. The summed E-state index contributed by atoms with van der Waals surface area (Å²) in [7, 11) is -1.97. The average molecular weight is 468 g/mol. The molecule has 0 fully saturated rings. The van der Waals surface area contributed by atoms with Crippen molar-refractivity contribution in [2.75, 3.05) is 13.2 Å². The number of nitrogens with zero attached hydrogens (tertiary/aromatic N) is 3. The highest BCUT2D eigenvalue weighted by atomic mass is 35.5. The highest BCUT2D eigenvalue weighted by Crippen LogP contribution is 2.37. The zero-order chi connectivity index (χ0) is 23.1. The number of benzene rings is 1. The Balaban J connectivity index is 1.90. The molecule has 0 saturated heterocycles. The van der Waals surface area contributed by atoms with Gasteiger partial charge < -0.3 is 9.53 Å². The molecule has 1 aliphatic heterocycles. The minimum absolute atomic E-state index is 0.00662. The first-order valence-electron chi connectivity index (χ1n) is 10.1. The van der Waals surface area contributed by atoms with Crippen LogP contribution in [0.1, 0.15) is 43.7 Å². The number of carbonyl (C=O) groups is 2. The van der Waals surface area contributed by atoms with E-state index in [4.69, 9.17) is 16.0 Å². The first-order valence-corrected chi connectivity index (χ1v) is 13.3. The van der Waals surface area contributed by atoms with E-state index in [2.05, 4.69) is 39.0 Å². The van der Waals surface area contributed by atoms with E-state index in [1.807, 2.05) is 0 Å². The third-order valence-electron chi connectivity index (χ3n) is 6.11. The van der Waals surface area contributed by atoms with Crippen LogP contribution in [0.25, 0.3) is 11.3 Å². The van der Waals surface area contributed by atoms with Gasteiger partial charge in [-0.3, -0.25) is 9.48 Å². The summed E-state index contributed by atoms with van der Waals surface area (Å²) in [5.41, 5.74) is 1.13. The highest BCUT2D eigenvalue weighted by molar-refractivity contribution is 6.74. The Labute approximate surface area is 186 Å². The second kappa shape index (κ2) is 8.37. The number of hydrogen-bond acceptors (Lipinski definition) is 4. The van der Waals surface area contributed by atoms with Crippen LogP contribution in [0.5, 0.6) is 0 Å². The van der Waals surface area contributed by atoms with Crippen LogP contribution >= 0.6 is 11.6 Å². The van der Waals surface area contributed by atoms with Gasteiger partial charge in [0.2, 0.25) is 0 Å². The van der Waals surface area contributed by atoms with E-state index >= 15 is 0 Å². The van der Waals surface area contributed by atoms with Crippen molar-refractivity contribution in [3.05, 3.63) is 40.8 Å². The van der Waals surface area contributed by atoms with Gasteiger partial charge in [0.25, 0.3) is 5.91 Å². The smallest absolute Gasteiger partial charge is 0.414 e. The predicted octanol–water partition coefficient (Wildman–Crippen LogP) is 5.43. The Morgan fingerprint density at radius 2 is 2.03 bits per heavy atom. The summed E-state index contributed by atoms with van der Waals surface area (Å²) in [5.74, 6) is -1.19. The van der Waals surface area contributed by atoms with Gasteiger partial charge in [0.1, 0.15) is 11.5 Å². The van der Waals surface area contributed by atoms with Gasteiger partial charge in [-0.1, -0.05) is 32.4 Å². The largest absolute Gasteiger partial charge is 0.465 e. The second-order valence-corrected chi connectivity index (χ2v) is 14.5. The van der Waals surface area contributed by atoms with Crippen molar-refractivity contribution < 1.29 is 23.5 Å². The topological polar surface area (TPSA) is 84.7 Å². The Bertz CT molecular complexity index is 1020. The SMILES string of the molecule is CC(C)(C)[Si](C)(C)OCCC1CN(C(=O)O)C(=O)c2cc(-c3ccc(F)c(Cl)c3)nn21. The van der Waals surface area contributed by atoms with Gasteiger partial charge in [0, 0.05) is 12.2 Å². The van der Waals surface area contributed by atoms with Crippen LogP contribution in [0, 0.1) is 5.82 Å². The van der Waals surface area contributed by atoms with Crippen LogP contribution in [0.4, 0.5) is 9.18 Å². The molecule has 0 saturated carbocycles. The summed E-state index contributed by atoms with van der Waals surface area (Å²) in [4.78, 5) is 25.1. The van der Waals surface area contributed by atoms with Crippen molar-refractivity contribution in [3.8, 4) is 11.3 Å². The van der Waals surface area contributed by atoms with Crippen molar-refractivity contribution in [3.63, 3.8) is 0 Å². The minimum Gasteiger partial charge on any atom is -0.465 e. The number of aromatic nitrogens is 2. The quantitative estimate of drug-likeness (QED) is 0.592. The molecule has 0 bridgehead atoms. The molecule has 31 heavy (non-hydrogen) atoms. The van der Waals surface area contributed by atoms with Crippen molar-refractivity contribution in [1.82, 2.24) is 14.7 Å². The number of rotatable bonds is 5. The average Bonchev–Trinajstić information content (AvgIpc) is 3.10. The van der Waals surface area contributed by atoms with Crippen LogP contribution in [-0.4, -0.2) is 53.3 Å². The zero-order valence-corrected chi connectivity index (χ0v) is 20.0. The summed E-state index contributed by atoms with van der Waals surface area (Å²) < 4.78 is 21.3. The molecule has 1 unspecified atom stereocenters. The standard InChI is InChI=1S/C21H27ClFN3O4Si/c1-21(2,3)31(4,5)30-9-8-14-12-25(20(28)29)19(27)18-11-17(24-26(14)18)13-6-7-16(23)15(22)10-13/h6-7,10-11,14H,8-9,12H2,1-5H3,(H,28,29). The van der Waals surface area contributed by atoms with E-state index < -0.39 is 26.1 Å². The fourth-order valence-corrected chi connectivity index (χ4v) is 4.43. The Kier molecular flexibility index (Phi) is 6.32. The van der Waals surface area contributed by atoms with Crippen LogP contribution in [0.2, 0.25) is 23.2 Å². The molecule has 2 aromatic rings. The maximum absolute atomic E-state index is 13.5. The Hall–Kier alpha value is -2.23. The lowest BCUT2D eigenvalue weighted by Crippen LogP contribution is -2.46. The molecule has 7 nitrogen and oxygen atoms in total. The predicted molar refractivity (Wildman–Crippen MR) is 118 cm³/mol. The zero-order valence-electron chi connectivity index (χ0n) is 18.3. The Morgan fingerprint density at radius 1 is 1.35 bits per heavy atom. The molecule has 168 valence electrons. The third-order valence-corrected chi connectivity index (χ3v) is 10.9. The van der Waals surface area contributed by atoms with Gasteiger partial charge >= 0.3 is 6.09 Å². The molecule has 10 heteroatoms. The van der Waals surface area contributed by atoms with E-state index in [9.17, 15) is 19.1 Å². The number of carbonyl (C=O) groups excluding carboxylic acids is 1. The van der Waals surface area contributed by atoms with Crippen LogP contribution in [0.15, 0.2) is 24.3 Å². The van der Waals surface area contributed by atoms with Crippen molar-refractivity contribution in [2.24, 2.45) is 0 Å². The highest BCUT2D eigenvalue weighted by Gasteiger charge is 2.39. The van der Waals surface area contributed by atoms with Crippen LogP contribution in [-0.2, 0) is 4.43 Å². The fraction of sp³-hybridized carbons (Fsp3) is 0.476. The lowest BCUT2D eigenvalue weighted by atomic mass is 10.1. The fourth-order valence-electron chi connectivity index (χ4n) is 3.18. The van der Waals surface area contributed by atoms with E-state index in [0.29, 0.717) is 24.3 Å². The van der Waals surface area contributed by atoms with Gasteiger partial charge in [0.15, 0.2) is 8.32 Å². The molecule has 2 heterocycles. The Morgan fingerprint density at radius 3 is 2.61 bits per heavy atom. The molecule has 1 aromatic heterocycles. The first-order chi connectivity index (χ1) is 14.3. The van der Waals surface area contributed by atoms with Crippen molar-refractivity contribution in [2.45, 2.75) is 51.4 Å². The number of hydrogen-bond donors (Lipinski definition) is 1. The number of carboxylic acid groups (broad SMARTS) is 1. The lowest BCUT2D eigenvalue weighted by molar-refractivity contribution is 0.0632. The molecule has 1 atom stereocenters. The molecular weight excluding hydrogens is 441 g/mol. The van der Waals surface area contributed by atoms with E-state index in [1.54, 1.807) is 4.68 Å². The van der Waals surface area contributed by atoms with Gasteiger partial charge in [-0.25, -0.2) is 14.1 Å². The second-order valence-electron chi connectivity index (χ2n) is 9.24. The molecule has 0 spiro atoms. The van der Waals surface area contributed by atoms with Crippen LogP contribution in [0.3, 0.4) is 0 Å². The molecule has 1 N–H and O–H groups in total. The van der Waals surface area contributed by atoms with Gasteiger partial charge in [-0.05, 0) is 48.8 Å². The van der Waals surface area contributed by atoms with E-state index in [1.165, 1.54) is 24.3 Å². The third kappa shape index (κ3) is 4.68. The summed E-state index contributed by atoms with van der Waals surface area (Å²) in [5, 5.41) is 14.0. The van der Waals surface area contributed by atoms with E-state index in [-0.39, 0.29) is 28.3 Å². The maximum Gasteiger partial charge on any atom is 0.414 e. The minimum atomic E-state index is -1.97. The van der Waals surface area contributed by atoms with Gasteiger partial charge in [-0.15, -0.1) is 0 Å². The normalized spacial score (nSPS) is 17.1. The van der Waals surface area contributed by atoms with E-state index in [0.717, 1.165) is 4.90 Å². The van der Waals surface area contributed by atoms with Crippen molar-refractivity contribution >= 4 is 31.9 Å². The molecule has 1 aromatic carbocycles. The number of amides is 2. The molecule has 0 aliphatic carbocycles. The monoisotopic (exact) mass is 467 g/mol. The van der Waals surface area contributed by atoms with Crippen LogP contribution < -0.4 is 0 Å². The maximum atomic E-state index is 13.5. The molecule has 1 aliphatic rings. The summed E-state index contributed by atoms with van der Waals surface area (Å²) >= 11 is 5.89. The molecule has 2 amide bonds.